The van der Waals surface area contributed by atoms with Crippen molar-refractivity contribution in [1.82, 2.24) is 0 Å². The molecule has 0 amide bonds. The largest absolute Gasteiger partial charge is 0.0591 e. The Balaban J connectivity index is 2.07. The molecule has 0 aliphatic carbocycles. The zero-order valence-corrected chi connectivity index (χ0v) is 15.1. The highest BCUT2D eigenvalue weighted by Crippen LogP contribution is 2.36. The molecule has 0 radical (unpaired) electrons. The predicted molar refractivity (Wildman–Crippen MR) is 104 cm³/mol. The molecular formula is C24H26. The van der Waals surface area contributed by atoms with Crippen LogP contribution in [0.4, 0.5) is 0 Å². The summed E-state index contributed by atoms with van der Waals surface area (Å²) in [4.78, 5) is 0. The van der Waals surface area contributed by atoms with E-state index >= 15 is 0 Å². The van der Waals surface area contributed by atoms with Gasteiger partial charge in [0.25, 0.3) is 0 Å². The molecule has 0 aliphatic heterocycles. The molecule has 0 heteroatoms. The van der Waals surface area contributed by atoms with Gasteiger partial charge in [-0.25, -0.2) is 0 Å². The fourth-order valence-corrected chi connectivity index (χ4v) is 3.33. The lowest BCUT2D eigenvalue weighted by molar-refractivity contribution is 0.567. The van der Waals surface area contributed by atoms with Crippen LogP contribution in [0, 0.1) is 20.8 Å². The van der Waals surface area contributed by atoms with Gasteiger partial charge in [-0.1, -0.05) is 96.4 Å². The van der Waals surface area contributed by atoms with Crippen LogP contribution in [0.2, 0.25) is 0 Å². The zero-order valence-electron chi connectivity index (χ0n) is 15.1. The Kier molecular flexibility index (Phi) is 4.57. The summed E-state index contributed by atoms with van der Waals surface area (Å²) in [5, 5.41) is 0. The van der Waals surface area contributed by atoms with Crippen molar-refractivity contribution >= 4 is 0 Å². The van der Waals surface area contributed by atoms with Crippen molar-refractivity contribution in [2.45, 2.75) is 39.5 Å². The first-order valence-electron chi connectivity index (χ1n) is 8.67. The second kappa shape index (κ2) is 6.65. The molecule has 0 fully saturated rings. The molecule has 0 unspecified atom stereocenters. The normalized spacial score (nSPS) is 11.5. The maximum absolute atomic E-state index is 2.36. The number of benzene rings is 3. The van der Waals surface area contributed by atoms with Crippen LogP contribution in [-0.2, 0) is 11.8 Å². The third-order valence-corrected chi connectivity index (χ3v) is 5.06. The van der Waals surface area contributed by atoms with Crippen molar-refractivity contribution in [3.05, 3.63) is 106 Å². The van der Waals surface area contributed by atoms with E-state index in [1.165, 1.54) is 33.4 Å². The van der Waals surface area contributed by atoms with E-state index < -0.39 is 0 Å². The maximum Gasteiger partial charge on any atom is 0.0215 e. The lowest BCUT2D eigenvalue weighted by Crippen LogP contribution is -2.26. The Morgan fingerprint density at radius 3 is 1.25 bits per heavy atom. The zero-order chi connectivity index (χ0) is 17.2. The lowest BCUT2D eigenvalue weighted by Gasteiger charge is -2.32. The van der Waals surface area contributed by atoms with Gasteiger partial charge in [0, 0.05) is 5.41 Å². The Bertz CT molecular complexity index is 745. The average molecular weight is 314 g/mol. The molecule has 0 saturated heterocycles. The smallest absolute Gasteiger partial charge is 0.0215 e. The number of hydrogen-bond donors (Lipinski definition) is 0. The molecule has 0 atom stereocenters. The Morgan fingerprint density at radius 1 is 0.542 bits per heavy atom. The van der Waals surface area contributed by atoms with Crippen LogP contribution >= 0.6 is 0 Å². The standard InChI is InChI=1S/C24H26/c1-18-5-11-21(12-6-18)17-24(4,22-13-7-19(2)8-14-22)23-15-9-20(3)10-16-23/h5-16H,17H2,1-4H3. The van der Waals surface area contributed by atoms with Crippen molar-refractivity contribution in [1.29, 1.82) is 0 Å². The van der Waals surface area contributed by atoms with E-state index in [2.05, 4.69) is 100 Å². The second-order valence-corrected chi connectivity index (χ2v) is 7.23. The van der Waals surface area contributed by atoms with Crippen molar-refractivity contribution in [3.8, 4) is 0 Å². The third-order valence-electron chi connectivity index (χ3n) is 5.06. The van der Waals surface area contributed by atoms with Gasteiger partial charge in [0.2, 0.25) is 0 Å². The summed E-state index contributed by atoms with van der Waals surface area (Å²) in [6.07, 6.45) is 0.999. The Labute approximate surface area is 146 Å². The topological polar surface area (TPSA) is 0 Å². The molecule has 0 spiro atoms. The van der Waals surface area contributed by atoms with Crippen molar-refractivity contribution in [2.75, 3.05) is 0 Å². The SMILES string of the molecule is Cc1ccc(CC(C)(c2ccc(C)cc2)c2ccc(C)cc2)cc1. The fraction of sp³-hybridized carbons (Fsp3) is 0.250. The molecule has 3 aromatic rings. The van der Waals surface area contributed by atoms with Crippen molar-refractivity contribution in [3.63, 3.8) is 0 Å². The monoisotopic (exact) mass is 314 g/mol. The third kappa shape index (κ3) is 3.43. The molecule has 122 valence electrons. The molecule has 3 rings (SSSR count). The number of hydrogen-bond acceptors (Lipinski definition) is 0. The van der Waals surface area contributed by atoms with Crippen molar-refractivity contribution in [2.24, 2.45) is 0 Å². The molecule has 0 aliphatic rings. The first kappa shape index (κ1) is 16.5. The van der Waals surface area contributed by atoms with Gasteiger partial charge in [0.05, 0.1) is 0 Å². The van der Waals surface area contributed by atoms with Crippen LogP contribution in [0.1, 0.15) is 40.3 Å². The van der Waals surface area contributed by atoms with E-state index in [0.29, 0.717) is 0 Å². The molecule has 0 heterocycles. The molecule has 0 nitrogen and oxygen atoms in total. The first-order valence-corrected chi connectivity index (χ1v) is 8.67. The molecule has 0 aromatic heterocycles. The summed E-state index contributed by atoms with van der Waals surface area (Å²) in [5.41, 5.74) is 8.02. The van der Waals surface area contributed by atoms with Crippen LogP contribution in [0.25, 0.3) is 0 Å². The van der Waals surface area contributed by atoms with Gasteiger partial charge in [0.15, 0.2) is 0 Å². The van der Waals surface area contributed by atoms with Gasteiger partial charge in [-0.15, -0.1) is 0 Å². The summed E-state index contributed by atoms with van der Waals surface area (Å²) in [6, 6.07) is 26.9. The van der Waals surface area contributed by atoms with Crippen LogP contribution in [0.3, 0.4) is 0 Å². The highest BCUT2D eigenvalue weighted by atomic mass is 14.3. The quantitative estimate of drug-likeness (QED) is 0.541. The number of rotatable bonds is 4. The summed E-state index contributed by atoms with van der Waals surface area (Å²) in [6.45, 7) is 8.80. The number of aryl methyl sites for hydroxylation is 3. The van der Waals surface area contributed by atoms with Gasteiger partial charge in [-0.05, 0) is 43.9 Å². The highest BCUT2D eigenvalue weighted by Gasteiger charge is 2.29. The van der Waals surface area contributed by atoms with E-state index in [1.54, 1.807) is 0 Å². The molecule has 24 heavy (non-hydrogen) atoms. The molecular weight excluding hydrogens is 288 g/mol. The average Bonchev–Trinajstić information content (AvgIpc) is 2.58. The van der Waals surface area contributed by atoms with Gasteiger partial charge in [0.1, 0.15) is 0 Å². The van der Waals surface area contributed by atoms with E-state index in [0.717, 1.165) is 6.42 Å². The molecule has 3 aromatic carbocycles. The minimum Gasteiger partial charge on any atom is -0.0591 e. The van der Waals surface area contributed by atoms with E-state index in [9.17, 15) is 0 Å². The van der Waals surface area contributed by atoms with Crippen LogP contribution in [0.15, 0.2) is 72.8 Å². The molecule has 0 N–H and O–H groups in total. The minimum atomic E-state index is -0.0311. The summed E-state index contributed by atoms with van der Waals surface area (Å²) in [5.74, 6) is 0. The first-order chi connectivity index (χ1) is 11.5. The fourth-order valence-electron chi connectivity index (χ4n) is 3.33. The van der Waals surface area contributed by atoms with Crippen LogP contribution in [0.5, 0.6) is 0 Å². The van der Waals surface area contributed by atoms with Crippen LogP contribution < -0.4 is 0 Å². The van der Waals surface area contributed by atoms with E-state index in [4.69, 9.17) is 0 Å². The maximum atomic E-state index is 2.36. The van der Waals surface area contributed by atoms with Gasteiger partial charge < -0.3 is 0 Å². The Hall–Kier alpha value is -2.34. The van der Waals surface area contributed by atoms with Gasteiger partial charge >= 0.3 is 0 Å². The summed E-state index contributed by atoms with van der Waals surface area (Å²) >= 11 is 0. The van der Waals surface area contributed by atoms with Crippen molar-refractivity contribution < 1.29 is 0 Å². The second-order valence-electron chi connectivity index (χ2n) is 7.23. The van der Waals surface area contributed by atoms with E-state index in [-0.39, 0.29) is 5.41 Å². The minimum absolute atomic E-state index is 0.0311. The molecule has 0 bridgehead atoms. The Morgan fingerprint density at radius 2 is 0.875 bits per heavy atom. The highest BCUT2D eigenvalue weighted by molar-refractivity contribution is 5.42. The predicted octanol–water partition coefficient (Wildman–Crippen LogP) is 6.16. The van der Waals surface area contributed by atoms with Gasteiger partial charge in [-0.2, -0.15) is 0 Å². The summed E-state index contributed by atoms with van der Waals surface area (Å²) < 4.78 is 0. The summed E-state index contributed by atoms with van der Waals surface area (Å²) in [7, 11) is 0. The lowest BCUT2D eigenvalue weighted by atomic mass is 9.72. The van der Waals surface area contributed by atoms with Gasteiger partial charge in [-0.3, -0.25) is 0 Å². The van der Waals surface area contributed by atoms with E-state index in [1.807, 2.05) is 0 Å². The van der Waals surface area contributed by atoms with Crippen LogP contribution in [-0.4, -0.2) is 0 Å². The molecule has 0 saturated carbocycles.